The Kier molecular flexibility index (Phi) is 4.84. The van der Waals surface area contributed by atoms with Crippen LogP contribution in [-0.2, 0) is 0 Å². The molecule has 0 heterocycles. The van der Waals surface area contributed by atoms with Crippen molar-refractivity contribution >= 4 is 0 Å². The van der Waals surface area contributed by atoms with Gasteiger partial charge in [-0.15, -0.1) is 0 Å². The van der Waals surface area contributed by atoms with Crippen LogP contribution in [0.1, 0.15) is 47.0 Å². The smallest absolute Gasteiger partial charge is 0.0440 e. The first kappa shape index (κ1) is 9.00. The maximum absolute atomic E-state index is 2.35. The maximum Gasteiger partial charge on any atom is -0.0440 e. The van der Waals surface area contributed by atoms with E-state index in [1.165, 1.54) is 19.3 Å². The summed E-state index contributed by atoms with van der Waals surface area (Å²) in [6.45, 7) is 8.70. The largest absolute Gasteiger partial charge is 0.0683 e. The quantitative estimate of drug-likeness (QED) is 0.468. The molecule has 1 fully saturated rings. The molecule has 0 unspecified atom stereocenters. The predicted octanol–water partition coefficient (Wildman–Crippen LogP) is 3.47. The lowest BCUT2D eigenvalue weighted by Gasteiger charge is -1.96. The normalized spacial score (nSPS) is 33.3. The van der Waals surface area contributed by atoms with Crippen LogP contribution < -0.4 is 0 Å². The molecule has 0 heteroatoms. The summed E-state index contributed by atoms with van der Waals surface area (Å²) >= 11 is 0. The fourth-order valence-corrected chi connectivity index (χ4v) is 1.49. The molecule has 0 radical (unpaired) electrons. The third kappa shape index (κ3) is 3.56. The van der Waals surface area contributed by atoms with E-state index in [2.05, 4.69) is 13.8 Å². The van der Waals surface area contributed by atoms with Gasteiger partial charge in [0.1, 0.15) is 0 Å². The number of rotatable bonds is 0. The van der Waals surface area contributed by atoms with Gasteiger partial charge in [0.25, 0.3) is 0 Å². The highest BCUT2D eigenvalue weighted by atomic mass is 14.2. The molecule has 0 aromatic heterocycles. The average molecular weight is 128 g/mol. The maximum atomic E-state index is 2.35. The predicted molar refractivity (Wildman–Crippen MR) is 43.5 cm³/mol. The van der Waals surface area contributed by atoms with Crippen molar-refractivity contribution in [1.29, 1.82) is 0 Å². The van der Waals surface area contributed by atoms with Crippen LogP contribution in [0.2, 0.25) is 0 Å². The Hall–Kier alpha value is 0. The molecule has 1 saturated carbocycles. The molecule has 1 aliphatic rings. The van der Waals surface area contributed by atoms with Gasteiger partial charge in [0.15, 0.2) is 0 Å². The molecule has 56 valence electrons. The van der Waals surface area contributed by atoms with E-state index >= 15 is 0 Å². The Balaban J connectivity index is 0.000000291. The van der Waals surface area contributed by atoms with Gasteiger partial charge in [-0.1, -0.05) is 40.5 Å². The summed E-state index contributed by atoms with van der Waals surface area (Å²) in [5.41, 5.74) is 0. The average Bonchev–Trinajstić information content (AvgIpc) is 2.20. The molecule has 0 aromatic carbocycles. The molecular formula is C9H20. The second kappa shape index (κ2) is 4.84. The molecule has 0 aromatic rings. The monoisotopic (exact) mass is 128 g/mol. The molecule has 0 aliphatic heterocycles. The second-order valence-corrected chi connectivity index (χ2v) is 3.02. The molecule has 1 rings (SSSR count). The lowest BCUT2D eigenvalue weighted by atomic mass is 10.1. The molecule has 2 atom stereocenters. The van der Waals surface area contributed by atoms with Gasteiger partial charge in [-0.2, -0.15) is 0 Å². The van der Waals surface area contributed by atoms with Crippen LogP contribution in [0.15, 0.2) is 0 Å². The summed E-state index contributed by atoms with van der Waals surface area (Å²) in [6.07, 6.45) is 4.42. The van der Waals surface area contributed by atoms with E-state index in [9.17, 15) is 0 Å². The van der Waals surface area contributed by atoms with E-state index in [4.69, 9.17) is 0 Å². The second-order valence-electron chi connectivity index (χ2n) is 3.02. The zero-order chi connectivity index (χ0) is 7.28. The van der Waals surface area contributed by atoms with Crippen LogP contribution in [0.5, 0.6) is 0 Å². The summed E-state index contributed by atoms with van der Waals surface area (Å²) in [4.78, 5) is 0. The third-order valence-electron chi connectivity index (χ3n) is 1.96. The van der Waals surface area contributed by atoms with Crippen LogP contribution in [0.4, 0.5) is 0 Å². The van der Waals surface area contributed by atoms with Gasteiger partial charge in [-0.25, -0.2) is 0 Å². The van der Waals surface area contributed by atoms with E-state index in [0.717, 1.165) is 11.8 Å². The Morgan fingerprint density at radius 1 is 0.889 bits per heavy atom. The zero-order valence-corrected chi connectivity index (χ0v) is 7.28. The Labute approximate surface area is 59.7 Å². The van der Waals surface area contributed by atoms with Gasteiger partial charge >= 0.3 is 0 Å². The molecule has 0 spiro atoms. The van der Waals surface area contributed by atoms with Gasteiger partial charge in [-0.3, -0.25) is 0 Å². The van der Waals surface area contributed by atoms with Crippen LogP contribution in [0.3, 0.4) is 0 Å². The van der Waals surface area contributed by atoms with Gasteiger partial charge in [0.05, 0.1) is 0 Å². The first-order valence-corrected chi connectivity index (χ1v) is 4.29. The Morgan fingerprint density at radius 2 is 1.22 bits per heavy atom. The van der Waals surface area contributed by atoms with Crippen molar-refractivity contribution in [2.24, 2.45) is 11.8 Å². The zero-order valence-electron chi connectivity index (χ0n) is 7.28. The first-order chi connectivity index (χ1) is 4.29. The highest BCUT2D eigenvalue weighted by Gasteiger charge is 2.15. The minimum Gasteiger partial charge on any atom is -0.0683 e. The summed E-state index contributed by atoms with van der Waals surface area (Å²) in [5.74, 6) is 2.05. The lowest BCUT2D eigenvalue weighted by molar-refractivity contribution is 0.555. The SMILES string of the molecule is CC.C[C@H]1CC[C@H](C)C1. The lowest BCUT2D eigenvalue weighted by Crippen LogP contribution is -1.84. The van der Waals surface area contributed by atoms with Crippen LogP contribution >= 0.6 is 0 Å². The van der Waals surface area contributed by atoms with Crippen LogP contribution in [0.25, 0.3) is 0 Å². The summed E-state index contributed by atoms with van der Waals surface area (Å²) < 4.78 is 0. The van der Waals surface area contributed by atoms with Gasteiger partial charge in [0.2, 0.25) is 0 Å². The van der Waals surface area contributed by atoms with Crippen molar-refractivity contribution < 1.29 is 0 Å². The molecule has 0 nitrogen and oxygen atoms in total. The molecule has 0 bridgehead atoms. The summed E-state index contributed by atoms with van der Waals surface area (Å²) in [7, 11) is 0. The van der Waals surface area contributed by atoms with E-state index in [1.807, 2.05) is 13.8 Å². The van der Waals surface area contributed by atoms with Gasteiger partial charge in [0, 0.05) is 0 Å². The van der Waals surface area contributed by atoms with Crippen LogP contribution in [-0.4, -0.2) is 0 Å². The van der Waals surface area contributed by atoms with Crippen LogP contribution in [0, 0.1) is 11.8 Å². The number of hydrogen-bond donors (Lipinski definition) is 0. The first-order valence-electron chi connectivity index (χ1n) is 4.29. The fourth-order valence-electron chi connectivity index (χ4n) is 1.49. The summed E-state index contributed by atoms with van der Waals surface area (Å²) in [5, 5.41) is 0. The van der Waals surface area contributed by atoms with Crippen molar-refractivity contribution in [2.45, 2.75) is 47.0 Å². The van der Waals surface area contributed by atoms with Crippen molar-refractivity contribution in [3.63, 3.8) is 0 Å². The summed E-state index contributed by atoms with van der Waals surface area (Å²) in [6, 6.07) is 0. The van der Waals surface area contributed by atoms with Crippen molar-refractivity contribution in [3.05, 3.63) is 0 Å². The highest BCUT2D eigenvalue weighted by molar-refractivity contribution is 4.68. The van der Waals surface area contributed by atoms with E-state index < -0.39 is 0 Å². The highest BCUT2D eigenvalue weighted by Crippen LogP contribution is 2.29. The van der Waals surface area contributed by atoms with Gasteiger partial charge < -0.3 is 0 Å². The Bertz CT molecular complexity index is 49.1. The molecule has 1 aliphatic carbocycles. The van der Waals surface area contributed by atoms with E-state index in [-0.39, 0.29) is 0 Å². The fraction of sp³-hybridized carbons (Fsp3) is 1.00. The molecule has 0 N–H and O–H groups in total. The van der Waals surface area contributed by atoms with Crippen molar-refractivity contribution in [1.82, 2.24) is 0 Å². The minimum absolute atomic E-state index is 1.02. The number of hydrogen-bond acceptors (Lipinski definition) is 0. The Morgan fingerprint density at radius 3 is 1.33 bits per heavy atom. The molecule has 9 heavy (non-hydrogen) atoms. The van der Waals surface area contributed by atoms with E-state index in [1.54, 1.807) is 0 Å². The molecule has 0 saturated heterocycles. The van der Waals surface area contributed by atoms with E-state index in [0.29, 0.717) is 0 Å². The van der Waals surface area contributed by atoms with Crippen molar-refractivity contribution in [2.75, 3.05) is 0 Å². The van der Waals surface area contributed by atoms with Crippen molar-refractivity contribution in [3.8, 4) is 0 Å². The molecule has 0 amide bonds. The standard InChI is InChI=1S/C7H14.C2H6/c1-6-3-4-7(2)5-6;1-2/h6-7H,3-5H2,1-2H3;1-2H3/t6-,7-;/m0./s1. The topological polar surface area (TPSA) is 0 Å². The third-order valence-corrected chi connectivity index (χ3v) is 1.96. The van der Waals surface area contributed by atoms with Gasteiger partial charge in [-0.05, 0) is 18.3 Å². The molecular weight excluding hydrogens is 108 g/mol. The minimum atomic E-state index is 1.02.